The summed E-state index contributed by atoms with van der Waals surface area (Å²) < 4.78 is 8.98. The van der Waals surface area contributed by atoms with Gasteiger partial charge in [-0.2, -0.15) is 0 Å². The zero-order chi connectivity index (χ0) is 72.6. The van der Waals surface area contributed by atoms with Gasteiger partial charge < -0.3 is 4.42 Å². The summed E-state index contributed by atoms with van der Waals surface area (Å²) in [4.78, 5) is 30.1. The maximum Gasteiger partial charge on any atom is 0.164 e. The summed E-state index contributed by atoms with van der Waals surface area (Å²) in [7, 11) is 0. The fourth-order valence-corrected chi connectivity index (χ4v) is 17.3. The van der Waals surface area contributed by atoms with Crippen molar-refractivity contribution in [3.8, 4) is 113 Å². The highest BCUT2D eigenvalue weighted by Gasteiger charge is 2.22. The van der Waals surface area contributed by atoms with Crippen molar-refractivity contribution in [1.29, 1.82) is 0 Å². The summed E-state index contributed by atoms with van der Waals surface area (Å²) in [6.45, 7) is 0. The smallest absolute Gasteiger partial charge is 0.164 e. The number of benzene rings is 18. The van der Waals surface area contributed by atoms with Crippen LogP contribution in [-0.4, -0.2) is 29.9 Å². The fraction of sp³-hybridized carbons (Fsp3) is 0. The molecule has 0 aliphatic rings. The van der Waals surface area contributed by atoms with E-state index in [1.54, 1.807) is 0 Å². The summed E-state index contributed by atoms with van der Waals surface area (Å²) >= 11 is 1.88. The van der Waals surface area contributed by atoms with E-state index in [0.717, 1.165) is 88.9 Å². The molecule has 22 rings (SSSR count). The molecular formula is C102H62N6OS. The Bertz CT molecular complexity index is 6850. The van der Waals surface area contributed by atoms with Crippen molar-refractivity contribution < 1.29 is 4.42 Å². The van der Waals surface area contributed by atoms with Gasteiger partial charge >= 0.3 is 0 Å². The van der Waals surface area contributed by atoms with Gasteiger partial charge in [-0.3, -0.25) is 0 Å². The van der Waals surface area contributed by atoms with E-state index in [1.807, 2.05) is 145 Å². The SMILES string of the molecule is c1ccc(-c2nc(-c3ccccc3)nc(-c3ccccc3-c3cccc(-c4ccc5c(ccc6ccc7ccc8oc9ccccc9c8c7c65)c4)c3)n2)cc1.c1ccc(-c2nc(-c3ccccc3)nc(-c3ccccc3-c3cccc(-c4ccc5c(ccc6ccc7ccc8sc9ccccc9c8c7c65)c4)c3)n2)cc1. The molecule has 0 unspecified atom stereocenters. The van der Waals surface area contributed by atoms with Crippen LogP contribution in [0.5, 0.6) is 0 Å². The van der Waals surface area contributed by atoms with Crippen molar-refractivity contribution in [1.82, 2.24) is 29.9 Å². The molecule has 0 spiro atoms. The van der Waals surface area contributed by atoms with Gasteiger partial charge in [0.1, 0.15) is 11.2 Å². The lowest BCUT2D eigenvalue weighted by molar-refractivity contribution is 0.669. The van der Waals surface area contributed by atoms with Crippen LogP contribution in [0.15, 0.2) is 381 Å². The lowest BCUT2D eigenvalue weighted by Gasteiger charge is -2.14. The molecule has 0 N–H and O–H groups in total. The molecule has 512 valence electrons. The lowest BCUT2D eigenvalue weighted by Crippen LogP contribution is -2.01. The van der Waals surface area contributed by atoms with E-state index in [4.69, 9.17) is 34.3 Å². The summed E-state index contributed by atoms with van der Waals surface area (Å²) in [5.74, 6) is 3.87. The van der Waals surface area contributed by atoms with Gasteiger partial charge in [0.25, 0.3) is 0 Å². The third kappa shape index (κ3) is 11.4. The number of hydrogen-bond acceptors (Lipinski definition) is 8. The molecule has 0 fully saturated rings. The highest BCUT2D eigenvalue weighted by atomic mass is 32.1. The molecule has 4 aromatic heterocycles. The van der Waals surface area contributed by atoms with Crippen LogP contribution in [0.2, 0.25) is 0 Å². The van der Waals surface area contributed by atoms with Crippen molar-refractivity contribution in [2.45, 2.75) is 0 Å². The zero-order valence-corrected chi connectivity index (χ0v) is 60.1. The molecule has 0 bridgehead atoms. The molecule has 8 heteroatoms. The number of aromatic nitrogens is 6. The first-order valence-electron chi connectivity index (χ1n) is 37.0. The van der Waals surface area contributed by atoms with E-state index in [-0.39, 0.29) is 0 Å². The predicted molar refractivity (Wildman–Crippen MR) is 459 cm³/mol. The van der Waals surface area contributed by atoms with Gasteiger partial charge in [0.15, 0.2) is 34.9 Å². The normalized spacial score (nSPS) is 11.6. The molecule has 4 heterocycles. The van der Waals surface area contributed by atoms with Crippen molar-refractivity contribution >= 4 is 118 Å². The number of nitrogens with zero attached hydrogens (tertiary/aromatic N) is 6. The van der Waals surface area contributed by atoms with Gasteiger partial charge in [0, 0.05) is 69.7 Å². The topological polar surface area (TPSA) is 90.5 Å². The standard InChI is InChI=1S/C51H31N3O.C51H31N3S/c2*1-3-12-34(13-4-1)49-52-50(35-14-5-2-6-15-35)54-51(53-49)42-19-8-7-18-40(42)38-17-11-16-36(30-38)37-26-28-41-39(31-37)25-24-32-22-23-33-27-29-45-48(47(33)46(32)41)43-20-9-10-21-44(43)55-45/h2*1-31H. The van der Waals surface area contributed by atoms with Crippen LogP contribution in [0.3, 0.4) is 0 Å². The average Bonchev–Trinajstić information content (AvgIpc) is 1.43. The Kier molecular flexibility index (Phi) is 15.6. The predicted octanol–water partition coefficient (Wildman–Crippen LogP) is 27.6. The first-order valence-corrected chi connectivity index (χ1v) is 37.9. The third-order valence-electron chi connectivity index (χ3n) is 21.4. The van der Waals surface area contributed by atoms with Crippen molar-refractivity contribution in [2.75, 3.05) is 0 Å². The van der Waals surface area contributed by atoms with Crippen LogP contribution in [0.1, 0.15) is 0 Å². The molecule has 7 nitrogen and oxygen atoms in total. The summed E-state index contributed by atoms with van der Waals surface area (Å²) in [6.07, 6.45) is 0. The Morgan fingerprint density at radius 1 is 0.173 bits per heavy atom. The molecule has 0 amide bonds. The molecule has 18 aromatic carbocycles. The Morgan fingerprint density at radius 3 is 1.00 bits per heavy atom. The second kappa shape index (κ2) is 26.9. The molecule has 0 aliphatic carbocycles. The fourth-order valence-electron chi connectivity index (χ4n) is 16.2. The number of para-hydroxylation sites is 1. The Balaban J connectivity index is 0.000000140. The van der Waals surface area contributed by atoms with Crippen molar-refractivity contribution in [3.63, 3.8) is 0 Å². The lowest BCUT2D eigenvalue weighted by atomic mass is 9.91. The highest BCUT2D eigenvalue weighted by molar-refractivity contribution is 7.26. The molecule has 0 radical (unpaired) electrons. The van der Waals surface area contributed by atoms with Crippen LogP contribution >= 0.6 is 11.3 Å². The second-order valence-electron chi connectivity index (χ2n) is 27.9. The maximum absolute atomic E-state index is 6.32. The van der Waals surface area contributed by atoms with E-state index >= 15 is 0 Å². The van der Waals surface area contributed by atoms with E-state index in [2.05, 4.69) is 243 Å². The van der Waals surface area contributed by atoms with E-state index in [1.165, 1.54) is 95.8 Å². The summed E-state index contributed by atoms with van der Waals surface area (Å²) in [5.41, 5.74) is 16.5. The number of hydrogen-bond donors (Lipinski definition) is 0. The molecule has 0 saturated heterocycles. The molecular weight excluding hydrogens is 1360 g/mol. The van der Waals surface area contributed by atoms with Crippen LogP contribution in [0.25, 0.3) is 220 Å². The number of furan rings is 1. The van der Waals surface area contributed by atoms with Gasteiger partial charge in [-0.25, -0.2) is 29.9 Å². The number of thiophene rings is 1. The van der Waals surface area contributed by atoms with E-state index < -0.39 is 0 Å². The molecule has 22 aromatic rings. The van der Waals surface area contributed by atoms with Crippen LogP contribution in [0.4, 0.5) is 0 Å². The van der Waals surface area contributed by atoms with E-state index in [9.17, 15) is 0 Å². The van der Waals surface area contributed by atoms with Gasteiger partial charge in [0.2, 0.25) is 0 Å². The highest BCUT2D eigenvalue weighted by Crippen LogP contribution is 2.46. The third-order valence-corrected chi connectivity index (χ3v) is 22.5. The first-order chi connectivity index (χ1) is 54.5. The molecule has 110 heavy (non-hydrogen) atoms. The Morgan fingerprint density at radius 2 is 0.518 bits per heavy atom. The van der Waals surface area contributed by atoms with Crippen LogP contribution in [0, 0.1) is 0 Å². The van der Waals surface area contributed by atoms with Gasteiger partial charge in [-0.05, 0) is 152 Å². The minimum Gasteiger partial charge on any atom is -0.456 e. The monoisotopic (exact) mass is 1420 g/mol. The van der Waals surface area contributed by atoms with Crippen molar-refractivity contribution in [2.24, 2.45) is 0 Å². The van der Waals surface area contributed by atoms with Gasteiger partial charge in [0.05, 0.1) is 0 Å². The number of fused-ring (bicyclic) bond motifs is 18. The largest absolute Gasteiger partial charge is 0.456 e. The Hall–Kier alpha value is -14.4. The summed E-state index contributed by atoms with van der Waals surface area (Å²) in [5, 5.41) is 20.0. The number of rotatable bonds is 10. The average molecular weight is 1420 g/mol. The van der Waals surface area contributed by atoms with Crippen molar-refractivity contribution in [3.05, 3.63) is 376 Å². The quantitative estimate of drug-likeness (QED) is 0.126. The van der Waals surface area contributed by atoms with E-state index in [0.29, 0.717) is 34.9 Å². The van der Waals surface area contributed by atoms with Gasteiger partial charge in [-0.1, -0.05) is 328 Å². The van der Waals surface area contributed by atoms with Crippen LogP contribution in [-0.2, 0) is 0 Å². The molecule has 0 atom stereocenters. The minimum absolute atomic E-state index is 0.637. The zero-order valence-electron chi connectivity index (χ0n) is 59.3. The molecule has 0 aliphatic heterocycles. The van der Waals surface area contributed by atoms with Crippen LogP contribution < -0.4 is 0 Å². The first kappa shape index (κ1) is 64.0. The van der Waals surface area contributed by atoms with Gasteiger partial charge in [-0.15, -0.1) is 11.3 Å². The second-order valence-corrected chi connectivity index (χ2v) is 29.0. The minimum atomic E-state index is 0.637. The molecule has 0 saturated carbocycles. The maximum atomic E-state index is 6.32. The Labute approximate surface area is 637 Å². The summed E-state index contributed by atoms with van der Waals surface area (Å²) in [6, 6.07) is 133.